The van der Waals surface area contributed by atoms with E-state index in [9.17, 15) is 0 Å². The smallest absolute Gasteiger partial charge is 0.329 e. The second-order valence-electron chi connectivity index (χ2n) is 2.64. The fraction of sp³-hybridized carbons (Fsp3) is 1.00. The molecule has 6 nitrogen and oxygen atoms in total. The third-order valence-corrected chi connectivity index (χ3v) is 0.526. The van der Waals surface area contributed by atoms with E-state index < -0.39 is 10.4 Å². The van der Waals surface area contributed by atoms with Crippen LogP contribution in [0.4, 0.5) is 0 Å². The van der Waals surface area contributed by atoms with Gasteiger partial charge in [-0.15, -0.1) is 0 Å². The molecule has 0 bridgehead atoms. The summed E-state index contributed by atoms with van der Waals surface area (Å²) in [6.45, 7) is 4.34. The van der Waals surface area contributed by atoms with Crippen LogP contribution in [0.3, 0.4) is 0 Å². The van der Waals surface area contributed by atoms with Gasteiger partial charge in [-0.05, 0) is 13.8 Å². The Morgan fingerprint density at radius 3 is 1.45 bits per heavy atom. The summed E-state index contributed by atoms with van der Waals surface area (Å²) in [5.74, 6) is 0. The minimum absolute atomic E-state index is 0.181. The molecular weight excluding hydrogens is 172 g/mol. The SMILES string of the molecule is CC(C)(N)CN.O=S(=O)(O)O. The first kappa shape index (κ1) is 13.4. The third kappa shape index (κ3) is 76.3. The van der Waals surface area contributed by atoms with Crippen molar-refractivity contribution in [1.82, 2.24) is 0 Å². The maximum Gasteiger partial charge on any atom is 0.394 e. The van der Waals surface area contributed by atoms with Crippen molar-refractivity contribution >= 4 is 10.4 Å². The maximum atomic E-state index is 8.74. The lowest BCUT2D eigenvalue weighted by atomic mass is 10.1. The fourth-order valence-corrected chi connectivity index (χ4v) is 0. The van der Waals surface area contributed by atoms with E-state index in [0.29, 0.717) is 6.54 Å². The Balaban J connectivity index is 0. The summed E-state index contributed by atoms with van der Waals surface area (Å²) in [7, 11) is -4.67. The predicted octanol–water partition coefficient (Wildman–Crippen LogP) is -0.970. The second kappa shape index (κ2) is 4.62. The molecule has 0 aromatic rings. The first-order valence-electron chi connectivity index (χ1n) is 2.75. The molecule has 0 amide bonds. The molecule has 0 spiro atoms. The Morgan fingerprint density at radius 1 is 1.36 bits per heavy atom. The highest BCUT2D eigenvalue weighted by Gasteiger charge is 2.04. The molecule has 0 aliphatic carbocycles. The molecule has 6 N–H and O–H groups in total. The van der Waals surface area contributed by atoms with Gasteiger partial charge in [-0.1, -0.05) is 0 Å². The molecule has 7 heteroatoms. The monoisotopic (exact) mass is 186 g/mol. The minimum atomic E-state index is -4.67. The van der Waals surface area contributed by atoms with Crippen molar-refractivity contribution in [3.05, 3.63) is 0 Å². The summed E-state index contributed by atoms with van der Waals surface area (Å²) in [6.07, 6.45) is 0. The number of hydrogen-bond acceptors (Lipinski definition) is 4. The summed E-state index contributed by atoms with van der Waals surface area (Å²) < 4.78 is 31.6. The zero-order valence-electron chi connectivity index (χ0n) is 6.48. The third-order valence-electron chi connectivity index (χ3n) is 0.526. The molecule has 0 aliphatic rings. The largest absolute Gasteiger partial charge is 0.394 e. The first-order valence-corrected chi connectivity index (χ1v) is 4.15. The van der Waals surface area contributed by atoms with Crippen molar-refractivity contribution in [2.45, 2.75) is 19.4 Å². The van der Waals surface area contributed by atoms with Crippen LogP contribution >= 0.6 is 0 Å². The maximum absolute atomic E-state index is 8.74. The lowest BCUT2D eigenvalue weighted by Crippen LogP contribution is -2.40. The van der Waals surface area contributed by atoms with Crippen LogP contribution in [-0.4, -0.2) is 29.6 Å². The molecule has 11 heavy (non-hydrogen) atoms. The highest BCUT2D eigenvalue weighted by molar-refractivity contribution is 7.79. The van der Waals surface area contributed by atoms with Gasteiger partial charge in [0.25, 0.3) is 0 Å². The number of hydrogen-bond donors (Lipinski definition) is 4. The molecule has 0 unspecified atom stereocenters. The Hall–Kier alpha value is -0.210. The Bertz CT molecular complexity index is 173. The van der Waals surface area contributed by atoms with Gasteiger partial charge in [-0.25, -0.2) is 0 Å². The van der Waals surface area contributed by atoms with Gasteiger partial charge in [-0.3, -0.25) is 9.11 Å². The van der Waals surface area contributed by atoms with Crippen LogP contribution in [0.5, 0.6) is 0 Å². The van der Waals surface area contributed by atoms with E-state index in [1.165, 1.54) is 0 Å². The van der Waals surface area contributed by atoms with Crippen LogP contribution < -0.4 is 11.5 Å². The van der Waals surface area contributed by atoms with E-state index in [-0.39, 0.29) is 5.54 Å². The van der Waals surface area contributed by atoms with Gasteiger partial charge in [0, 0.05) is 12.1 Å². The van der Waals surface area contributed by atoms with Gasteiger partial charge >= 0.3 is 10.4 Å². The highest BCUT2D eigenvalue weighted by Crippen LogP contribution is 1.88. The molecule has 0 atom stereocenters. The standard InChI is InChI=1S/C4H12N2.H2O4S/c1-4(2,6)3-5;1-5(2,3)4/h3,5-6H2,1-2H3;(H2,1,2,3,4). The van der Waals surface area contributed by atoms with Gasteiger partial charge in [0.2, 0.25) is 0 Å². The van der Waals surface area contributed by atoms with E-state index in [2.05, 4.69) is 0 Å². The molecule has 0 rings (SSSR count). The average molecular weight is 186 g/mol. The number of rotatable bonds is 1. The molecule has 0 aromatic carbocycles. The van der Waals surface area contributed by atoms with Crippen molar-refractivity contribution < 1.29 is 17.5 Å². The fourth-order valence-electron chi connectivity index (χ4n) is 0. The zero-order chi connectivity index (χ0) is 9.71. The van der Waals surface area contributed by atoms with Gasteiger partial charge in [0.1, 0.15) is 0 Å². The van der Waals surface area contributed by atoms with Gasteiger partial charge < -0.3 is 11.5 Å². The summed E-state index contributed by atoms with van der Waals surface area (Å²) in [5.41, 5.74) is 10.4. The van der Waals surface area contributed by atoms with E-state index in [1.54, 1.807) is 0 Å². The molecular formula is C4H14N2O4S. The molecule has 0 aromatic heterocycles. The predicted molar refractivity (Wildman–Crippen MR) is 41.5 cm³/mol. The van der Waals surface area contributed by atoms with Crippen molar-refractivity contribution in [1.29, 1.82) is 0 Å². The lowest BCUT2D eigenvalue weighted by Gasteiger charge is -2.13. The van der Waals surface area contributed by atoms with Crippen LogP contribution in [0, 0.1) is 0 Å². The lowest BCUT2D eigenvalue weighted by molar-refractivity contribution is 0.381. The molecule has 0 aliphatic heterocycles. The molecule has 0 saturated carbocycles. The molecule has 0 fully saturated rings. The van der Waals surface area contributed by atoms with Crippen molar-refractivity contribution in [3.63, 3.8) is 0 Å². The number of nitrogens with two attached hydrogens (primary N) is 2. The van der Waals surface area contributed by atoms with Crippen molar-refractivity contribution in [2.75, 3.05) is 6.54 Å². The van der Waals surface area contributed by atoms with E-state index >= 15 is 0 Å². The summed E-state index contributed by atoms with van der Waals surface area (Å²) >= 11 is 0. The van der Waals surface area contributed by atoms with Gasteiger partial charge in [0.05, 0.1) is 0 Å². The Labute approximate surface area is 66.2 Å². The topological polar surface area (TPSA) is 127 Å². The molecule has 0 saturated heterocycles. The van der Waals surface area contributed by atoms with E-state index in [0.717, 1.165) is 0 Å². The van der Waals surface area contributed by atoms with Crippen LogP contribution in [0.25, 0.3) is 0 Å². The summed E-state index contributed by atoms with van der Waals surface area (Å²) in [5, 5.41) is 0. The van der Waals surface area contributed by atoms with Gasteiger partial charge in [-0.2, -0.15) is 8.42 Å². The molecule has 0 radical (unpaired) electrons. The van der Waals surface area contributed by atoms with Crippen LogP contribution in [0.1, 0.15) is 13.8 Å². The van der Waals surface area contributed by atoms with E-state index in [1.807, 2.05) is 13.8 Å². The molecule has 70 valence electrons. The minimum Gasteiger partial charge on any atom is -0.329 e. The van der Waals surface area contributed by atoms with E-state index in [4.69, 9.17) is 29.0 Å². The normalized spacial score (nSPS) is 11.8. The molecule has 0 heterocycles. The average Bonchev–Trinajstić information content (AvgIpc) is 1.59. The quantitative estimate of drug-likeness (QED) is 0.390. The van der Waals surface area contributed by atoms with Crippen LogP contribution in [0.15, 0.2) is 0 Å². The Kier molecular flexibility index (Phi) is 5.63. The highest BCUT2D eigenvalue weighted by atomic mass is 32.3. The van der Waals surface area contributed by atoms with Crippen molar-refractivity contribution in [2.24, 2.45) is 11.5 Å². The second-order valence-corrected chi connectivity index (χ2v) is 3.54. The Morgan fingerprint density at radius 2 is 1.45 bits per heavy atom. The van der Waals surface area contributed by atoms with Crippen LogP contribution in [-0.2, 0) is 10.4 Å². The summed E-state index contributed by atoms with van der Waals surface area (Å²) in [6, 6.07) is 0. The zero-order valence-corrected chi connectivity index (χ0v) is 7.30. The van der Waals surface area contributed by atoms with Gasteiger partial charge in [0.15, 0.2) is 0 Å². The summed E-state index contributed by atoms with van der Waals surface area (Å²) in [4.78, 5) is 0. The van der Waals surface area contributed by atoms with Crippen molar-refractivity contribution in [3.8, 4) is 0 Å². The first-order chi connectivity index (χ1) is 4.56. The van der Waals surface area contributed by atoms with Crippen LogP contribution in [0.2, 0.25) is 0 Å².